The lowest BCUT2D eigenvalue weighted by Crippen LogP contribution is -2.11. The molecule has 0 amide bonds. The third-order valence-corrected chi connectivity index (χ3v) is 1.18. The summed E-state index contributed by atoms with van der Waals surface area (Å²) in [7, 11) is 0. The van der Waals surface area contributed by atoms with E-state index >= 15 is 0 Å². The van der Waals surface area contributed by atoms with Crippen LogP contribution in [0.3, 0.4) is 0 Å². The van der Waals surface area contributed by atoms with Crippen molar-refractivity contribution in [1.82, 2.24) is 5.48 Å². The maximum absolute atomic E-state index is 5.05. The summed E-state index contributed by atoms with van der Waals surface area (Å²) in [5.41, 5.74) is 3.81. The summed E-state index contributed by atoms with van der Waals surface area (Å²) >= 11 is 0. The molecule has 0 aliphatic carbocycles. The summed E-state index contributed by atoms with van der Waals surface area (Å²) in [6, 6.07) is 0. The SMILES string of the molecule is CCCC[N]OCOCCC. The minimum atomic E-state index is 0.303. The van der Waals surface area contributed by atoms with Crippen LogP contribution in [0.25, 0.3) is 0 Å². The second-order valence-corrected chi connectivity index (χ2v) is 2.36. The molecule has 0 fully saturated rings. The minimum Gasteiger partial charge on any atom is -0.353 e. The molecular formula is C8H18NO2. The molecule has 0 aromatic heterocycles. The van der Waals surface area contributed by atoms with E-state index in [9.17, 15) is 0 Å². The Kier molecular flexibility index (Phi) is 9.77. The molecule has 0 aromatic rings. The first-order chi connectivity index (χ1) is 5.41. The van der Waals surface area contributed by atoms with Gasteiger partial charge in [0.05, 0.1) is 0 Å². The number of ether oxygens (including phenoxy) is 1. The number of rotatable bonds is 8. The van der Waals surface area contributed by atoms with E-state index in [2.05, 4.69) is 19.3 Å². The van der Waals surface area contributed by atoms with Gasteiger partial charge in [-0.25, -0.2) is 0 Å². The topological polar surface area (TPSA) is 32.6 Å². The van der Waals surface area contributed by atoms with Gasteiger partial charge in [-0.15, -0.1) is 0 Å². The van der Waals surface area contributed by atoms with Crippen molar-refractivity contribution in [1.29, 1.82) is 0 Å². The third-order valence-electron chi connectivity index (χ3n) is 1.18. The second-order valence-electron chi connectivity index (χ2n) is 2.36. The zero-order valence-corrected chi connectivity index (χ0v) is 7.51. The third kappa shape index (κ3) is 9.88. The van der Waals surface area contributed by atoms with Gasteiger partial charge in [-0.05, 0) is 12.8 Å². The van der Waals surface area contributed by atoms with Crippen LogP contribution < -0.4 is 5.48 Å². The Morgan fingerprint density at radius 3 is 2.64 bits per heavy atom. The van der Waals surface area contributed by atoms with Crippen molar-refractivity contribution >= 4 is 0 Å². The predicted octanol–water partition coefficient (Wildman–Crippen LogP) is 1.71. The Bertz CT molecular complexity index is 61.1. The van der Waals surface area contributed by atoms with Crippen LogP contribution in [0.4, 0.5) is 0 Å². The molecule has 11 heavy (non-hydrogen) atoms. The van der Waals surface area contributed by atoms with E-state index in [0.29, 0.717) is 6.79 Å². The summed E-state index contributed by atoms with van der Waals surface area (Å²) in [6.07, 6.45) is 3.27. The van der Waals surface area contributed by atoms with E-state index in [-0.39, 0.29) is 0 Å². The molecule has 0 saturated carbocycles. The summed E-state index contributed by atoms with van der Waals surface area (Å²) in [5, 5.41) is 0. The van der Waals surface area contributed by atoms with Crippen molar-refractivity contribution in [3.8, 4) is 0 Å². The number of hydrogen-bond donors (Lipinski definition) is 0. The number of hydrogen-bond acceptors (Lipinski definition) is 2. The van der Waals surface area contributed by atoms with E-state index in [4.69, 9.17) is 9.57 Å². The Hall–Kier alpha value is -0.120. The van der Waals surface area contributed by atoms with Gasteiger partial charge in [-0.2, -0.15) is 0 Å². The molecule has 0 unspecified atom stereocenters. The smallest absolute Gasteiger partial charge is 0.168 e. The molecular weight excluding hydrogens is 142 g/mol. The van der Waals surface area contributed by atoms with Crippen molar-refractivity contribution in [2.45, 2.75) is 33.1 Å². The van der Waals surface area contributed by atoms with E-state index in [0.717, 1.165) is 32.4 Å². The summed E-state index contributed by atoms with van der Waals surface area (Å²) < 4.78 is 5.05. The van der Waals surface area contributed by atoms with Gasteiger partial charge in [0, 0.05) is 13.2 Å². The molecule has 67 valence electrons. The minimum absolute atomic E-state index is 0.303. The van der Waals surface area contributed by atoms with E-state index in [1.165, 1.54) is 0 Å². The highest BCUT2D eigenvalue weighted by molar-refractivity contribution is 4.32. The summed E-state index contributed by atoms with van der Waals surface area (Å²) in [5.74, 6) is 0. The van der Waals surface area contributed by atoms with Gasteiger partial charge in [0.15, 0.2) is 6.79 Å². The highest BCUT2D eigenvalue weighted by Crippen LogP contribution is 1.85. The maximum atomic E-state index is 5.05. The Morgan fingerprint density at radius 1 is 1.18 bits per heavy atom. The Labute approximate surface area is 69.0 Å². The van der Waals surface area contributed by atoms with E-state index < -0.39 is 0 Å². The largest absolute Gasteiger partial charge is 0.353 e. The van der Waals surface area contributed by atoms with Crippen molar-refractivity contribution in [3.05, 3.63) is 0 Å². The van der Waals surface area contributed by atoms with Gasteiger partial charge in [0.25, 0.3) is 0 Å². The van der Waals surface area contributed by atoms with E-state index in [1.807, 2.05) is 0 Å². The van der Waals surface area contributed by atoms with Crippen LogP contribution in [0.2, 0.25) is 0 Å². The van der Waals surface area contributed by atoms with Crippen molar-refractivity contribution < 1.29 is 9.57 Å². The number of hydroxylamine groups is 1. The molecule has 0 spiro atoms. The van der Waals surface area contributed by atoms with Crippen LogP contribution in [0, 0.1) is 0 Å². The quantitative estimate of drug-likeness (QED) is 0.307. The molecule has 3 heteroatoms. The lowest BCUT2D eigenvalue weighted by atomic mass is 10.3. The fraction of sp³-hybridized carbons (Fsp3) is 1.00. The van der Waals surface area contributed by atoms with Gasteiger partial charge in [0.2, 0.25) is 0 Å². The molecule has 0 aliphatic rings. The molecule has 0 heterocycles. The van der Waals surface area contributed by atoms with Gasteiger partial charge in [-0.3, -0.25) is 4.84 Å². The first-order valence-electron chi connectivity index (χ1n) is 4.28. The van der Waals surface area contributed by atoms with Crippen LogP contribution >= 0.6 is 0 Å². The predicted molar refractivity (Wildman–Crippen MR) is 44.1 cm³/mol. The lowest BCUT2D eigenvalue weighted by Gasteiger charge is -2.02. The zero-order chi connectivity index (χ0) is 8.36. The Morgan fingerprint density at radius 2 is 2.00 bits per heavy atom. The summed E-state index contributed by atoms with van der Waals surface area (Å²) in [4.78, 5) is 4.84. The van der Waals surface area contributed by atoms with Crippen LogP contribution in [0.1, 0.15) is 33.1 Å². The van der Waals surface area contributed by atoms with Gasteiger partial charge in [0.1, 0.15) is 0 Å². The monoisotopic (exact) mass is 160 g/mol. The van der Waals surface area contributed by atoms with Gasteiger partial charge in [-0.1, -0.05) is 25.7 Å². The maximum Gasteiger partial charge on any atom is 0.168 e. The molecule has 0 saturated heterocycles. The highest BCUT2D eigenvalue weighted by Gasteiger charge is 1.87. The number of unbranched alkanes of at least 4 members (excludes halogenated alkanes) is 1. The van der Waals surface area contributed by atoms with Crippen LogP contribution in [-0.4, -0.2) is 19.9 Å². The number of nitrogens with zero attached hydrogens (tertiary/aromatic N) is 1. The molecule has 0 aliphatic heterocycles. The lowest BCUT2D eigenvalue weighted by molar-refractivity contribution is -0.103. The van der Waals surface area contributed by atoms with Crippen molar-refractivity contribution in [2.75, 3.05) is 19.9 Å². The van der Waals surface area contributed by atoms with Crippen LogP contribution in [0.15, 0.2) is 0 Å². The second kappa shape index (κ2) is 9.88. The fourth-order valence-corrected chi connectivity index (χ4v) is 0.565. The van der Waals surface area contributed by atoms with Gasteiger partial charge < -0.3 is 4.74 Å². The Balaban J connectivity index is 2.69. The normalized spacial score (nSPS) is 10.4. The van der Waals surface area contributed by atoms with Crippen LogP contribution in [0.5, 0.6) is 0 Å². The molecule has 3 nitrogen and oxygen atoms in total. The molecule has 1 radical (unpaired) electrons. The van der Waals surface area contributed by atoms with Crippen molar-refractivity contribution in [2.24, 2.45) is 0 Å². The molecule has 0 aromatic carbocycles. The molecule has 0 atom stereocenters. The highest BCUT2D eigenvalue weighted by atomic mass is 16.7. The average molecular weight is 160 g/mol. The first kappa shape index (κ1) is 10.9. The molecule has 0 rings (SSSR count). The van der Waals surface area contributed by atoms with Gasteiger partial charge >= 0.3 is 0 Å². The molecule has 0 N–H and O–H groups in total. The van der Waals surface area contributed by atoms with E-state index in [1.54, 1.807) is 0 Å². The standard InChI is InChI=1S/C8H18NO2/c1-3-5-6-9-11-8-10-7-4-2/h3-8H2,1-2H3. The summed E-state index contributed by atoms with van der Waals surface area (Å²) in [6.45, 7) is 6.03. The van der Waals surface area contributed by atoms with Crippen molar-refractivity contribution in [3.63, 3.8) is 0 Å². The fourth-order valence-electron chi connectivity index (χ4n) is 0.565. The average Bonchev–Trinajstić information content (AvgIpc) is 2.03. The zero-order valence-electron chi connectivity index (χ0n) is 7.51. The first-order valence-corrected chi connectivity index (χ1v) is 4.28. The molecule has 0 bridgehead atoms. The van der Waals surface area contributed by atoms with Crippen LogP contribution in [-0.2, 0) is 9.57 Å².